The Morgan fingerprint density at radius 1 is 1.57 bits per heavy atom. The minimum absolute atomic E-state index is 0.0316. The van der Waals surface area contributed by atoms with Crippen LogP contribution in [0.4, 0.5) is 0 Å². The smallest absolute Gasteiger partial charge is 0.0613 e. The molecule has 0 aromatic heterocycles. The Kier molecular flexibility index (Phi) is 4.85. The summed E-state index contributed by atoms with van der Waals surface area (Å²) in [5.74, 6) is 0.728. The number of aliphatic hydroxyl groups is 1. The topological polar surface area (TPSA) is 41.5 Å². The summed E-state index contributed by atoms with van der Waals surface area (Å²) in [5, 5.41) is 12.9. The largest absolute Gasteiger partial charge is 0.394 e. The van der Waals surface area contributed by atoms with Gasteiger partial charge in [0.05, 0.1) is 13.2 Å². The average molecular weight is 201 g/mol. The minimum Gasteiger partial charge on any atom is -0.394 e. The van der Waals surface area contributed by atoms with E-state index in [1.165, 1.54) is 12.8 Å². The summed E-state index contributed by atoms with van der Waals surface area (Å²) >= 11 is 0. The number of hydrogen-bond donors (Lipinski definition) is 2. The van der Waals surface area contributed by atoms with Crippen LogP contribution in [0.25, 0.3) is 0 Å². The van der Waals surface area contributed by atoms with Crippen molar-refractivity contribution >= 4 is 0 Å². The Balaban J connectivity index is 2.39. The van der Waals surface area contributed by atoms with Gasteiger partial charge >= 0.3 is 0 Å². The van der Waals surface area contributed by atoms with Crippen molar-refractivity contribution in [1.29, 1.82) is 0 Å². The summed E-state index contributed by atoms with van der Waals surface area (Å²) in [6, 6.07) is 0. The highest BCUT2D eigenvalue weighted by Gasteiger charge is 2.33. The Bertz CT molecular complexity index is 163. The second kappa shape index (κ2) is 5.69. The molecular weight excluding hydrogens is 178 g/mol. The molecule has 2 N–H and O–H groups in total. The first kappa shape index (κ1) is 12.0. The van der Waals surface area contributed by atoms with E-state index in [0.717, 1.165) is 31.9 Å². The van der Waals surface area contributed by atoms with E-state index in [9.17, 15) is 5.11 Å². The maximum absolute atomic E-state index is 9.46. The number of rotatable bonds is 5. The van der Waals surface area contributed by atoms with E-state index in [0.29, 0.717) is 0 Å². The summed E-state index contributed by atoms with van der Waals surface area (Å²) in [4.78, 5) is 0. The van der Waals surface area contributed by atoms with E-state index in [2.05, 4.69) is 12.2 Å². The van der Waals surface area contributed by atoms with E-state index < -0.39 is 0 Å². The first-order valence-corrected chi connectivity index (χ1v) is 5.57. The third kappa shape index (κ3) is 3.23. The fourth-order valence-corrected chi connectivity index (χ4v) is 2.44. The predicted octanol–water partition coefficient (Wildman–Crippen LogP) is 1.16. The second-order valence-electron chi connectivity index (χ2n) is 4.56. The van der Waals surface area contributed by atoms with Gasteiger partial charge in [0.1, 0.15) is 0 Å². The third-order valence-electron chi connectivity index (χ3n) is 3.20. The highest BCUT2D eigenvalue weighted by molar-refractivity contribution is 4.92. The van der Waals surface area contributed by atoms with Crippen molar-refractivity contribution in [3.8, 4) is 0 Å². The highest BCUT2D eigenvalue weighted by Crippen LogP contribution is 2.31. The summed E-state index contributed by atoms with van der Waals surface area (Å²) in [6.45, 7) is 4.07. The van der Waals surface area contributed by atoms with Gasteiger partial charge in [-0.05, 0) is 18.8 Å². The van der Waals surface area contributed by atoms with Gasteiger partial charge < -0.3 is 15.2 Å². The lowest BCUT2D eigenvalue weighted by Gasteiger charge is -2.39. The lowest BCUT2D eigenvalue weighted by Crippen LogP contribution is -2.52. The zero-order chi connectivity index (χ0) is 10.4. The van der Waals surface area contributed by atoms with E-state index in [1.807, 2.05) is 0 Å². The molecule has 2 atom stereocenters. The molecular formula is C11H23NO2. The highest BCUT2D eigenvalue weighted by atomic mass is 16.5. The monoisotopic (exact) mass is 201 g/mol. The van der Waals surface area contributed by atoms with E-state index in [1.54, 1.807) is 7.11 Å². The molecule has 1 aliphatic carbocycles. The van der Waals surface area contributed by atoms with E-state index >= 15 is 0 Å². The molecule has 3 nitrogen and oxygen atoms in total. The summed E-state index contributed by atoms with van der Waals surface area (Å²) < 4.78 is 5.01. The van der Waals surface area contributed by atoms with Crippen LogP contribution in [0.2, 0.25) is 0 Å². The van der Waals surface area contributed by atoms with Crippen molar-refractivity contribution in [1.82, 2.24) is 5.32 Å². The molecule has 0 amide bonds. The van der Waals surface area contributed by atoms with Gasteiger partial charge in [-0.25, -0.2) is 0 Å². The minimum atomic E-state index is -0.0316. The van der Waals surface area contributed by atoms with Gasteiger partial charge in [-0.1, -0.05) is 19.8 Å². The first-order valence-electron chi connectivity index (χ1n) is 5.57. The maximum atomic E-state index is 9.46. The second-order valence-corrected chi connectivity index (χ2v) is 4.56. The molecule has 14 heavy (non-hydrogen) atoms. The molecule has 0 heterocycles. The van der Waals surface area contributed by atoms with Gasteiger partial charge in [-0.3, -0.25) is 0 Å². The molecule has 0 saturated heterocycles. The van der Waals surface area contributed by atoms with E-state index in [4.69, 9.17) is 4.74 Å². The SMILES string of the molecule is COCCNC1(CO)CCCC(C)C1. The number of methoxy groups -OCH3 is 1. The lowest BCUT2D eigenvalue weighted by molar-refractivity contribution is 0.0894. The Labute approximate surface area is 86.8 Å². The van der Waals surface area contributed by atoms with Crippen molar-refractivity contribution < 1.29 is 9.84 Å². The average Bonchev–Trinajstić information content (AvgIpc) is 2.18. The zero-order valence-electron chi connectivity index (χ0n) is 9.38. The van der Waals surface area contributed by atoms with Crippen molar-refractivity contribution in [3.05, 3.63) is 0 Å². The molecule has 1 fully saturated rings. The molecule has 0 spiro atoms. The van der Waals surface area contributed by atoms with Gasteiger partial charge in [0.25, 0.3) is 0 Å². The van der Waals surface area contributed by atoms with Gasteiger partial charge in [0.2, 0.25) is 0 Å². The normalized spacial score (nSPS) is 33.2. The lowest BCUT2D eigenvalue weighted by atomic mass is 9.77. The molecule has 2 unspecified atom stereocenters. The molecule has 0 aromatic carbocycles. The fourth-order valence-electron chi connectivity index (χ4n) is 2.44. The van der Waals surface area contributed by atoms with Crippen LogP contribution in [0.5, 0.6) is 0 Å². The molecule has 1 rings (SSSR count). The molecule has 84 valence electrons. The van der Waals surface area contributed by atoms with Crippen LogP contribution < -0.4 is 5.32 Å². The van der Waals surface area contributed by atoms with Crippen molar-refractivity contribution in [2.75, 3.05) is 26.9 Å². The number of aliphatic hydroxyl groups excluding tert-OH is 1. The van der Waals surface area contributed by atoms with Gasteiger partial charge in [-0.15, -0.1) is 0 Å². The van der Waals surface area contributed by atoms with Crippen LogP contribution in [-0.4, -0.2) is 37.5 Å². The Morgan fingerprint density at radius 3 is 2.93 bits per heavy atom. The van der Waals surface area contributed by atoms with Crippen LogP contribution in [0.3, 0.4) is 0 Å². The van der Waals surface area contributed by atoms with Gasteiger partial charge in [-0.2, -0.15) is 0 Å². The van der Waals surface area contributed by atoms with Crippen LogP contribution >= 0.6 is 0 Å². The quantitative estimate of drug-likeness (QED) is 0.656. The van der Waals surface area contributed by atoms with Crippen molar-refractivity contribution in [2.24, 2.45) is 5.92 Å². The number of nitrogens with one attached hydrogen (secondary N) is 1. The first-order chi connectivity index (χ1) is 6.72. The molecule has 0 bridgehead atoms. The molecule has 1 saturated carbocycles. The number of hydrogen-bond acceptors (Lipinski definition) is 3. The summed E-state index contributed by atoms with van der Waals surface area (Å²) in [6.07, 6.45) is 4.71. The van der Waals surface area contributed by atoms with Crippen molar-refractivity contribution in [2.45, 2.75) is 38.1 Å². The predicted molar refractivity (Wildman–Crippen MR) is 57.3 cm³/mol. The summed E-state index contributed by atoms with van der Waals surface area (Å²) in [5.41, 5.74) is -0.0316. The third-order valence-corrected chi connectivity index (χ3v) is 3.20. The van der Waals surface area contributed by atoms with Crippen molar-refractivity contribution in [3.63, 3.8) is 0 Å². The van der Waals surface area contributed by atoms with E-state index in [-0.39, 0.29) is 12.1 Å². The molecule has 0 radical (unpaired) electrons. The standard InChI is InChI=1S/C11H23NO2/c1-10-4-3-5-11(8-10,9-13)12-6-7-14-2/h10,12-13H,3-9H2,1-2H3. The van der Waals surface area contributed by atoms with Crippen LogP contribution in [-0.2, 0) is 4.74 Å². The molecule has 3 heteroatoms. The fraction of sp³-hybridized carbons (Fsp3) is 1.00. The maximum Gasteiger partial charge on any atom is 0.0613 e. The number of ether oxygens (including phenoxy) is 1. The van der Waals surface area contributed by atoms with Crippen LogP contribution in [0.1, 0.15) is 32.6 Å². The Hall–Kier alpha value is -0.120. The summed E-state index contributed by atoms with van der Waals surface area (Å²) in [7, 11) is 1.71. The molecule has 1 aliphatic rings. The van der Waals surface area contributed by atoms with Gasteiger partial charge in [0.15, 0.2) is 0 Å². The van der Waals surface area contributed by atoms with Crippen LogP contribution in [0.15, 0.2) is 0 Å². The Morgan fingerprint density at radius 2 is 2.36 bits per heavy atom. The zero-order valence-corrected chi connectivity index (χ0v) is 9.38. The molecule has 0 aliphatic heterocycles. The molecule has 0 aromatic rings. The van der Waals surface area contributed by atoms with Gasteiger partial charge in [0, 0.05) is 19.2 Å². The van der Waals surface area contributed by atoms with Crippen LogP contribution in [0, 0.1) is 5.92 Å².